The molecule has 0 unspecified atom stereocenters. The molecule has 0 amide bonds. The topological polar surface area (TPSA) is 0 Å². The minimum absolute atomic E-state index is 0.0202. The van der Waals surface area contributed by atoms with Gasteiger partial charge in [0.15, 0.2) is 0 Å². The van der Waals surface area contributed by atoms with Crippen molar-refractivity contribution in [2.75, 3.05) is 0 Å². The molecule has 1 aliphatic carbocycles. The van der Waals surface area contributed by atoms with Crippen molar-refractivity contribution >= 4 is 18.2 Å². The second kappa shape index (κ2) is 9.69. The quantitative estimate of drug-likeness (QED) is 0.321. The average molecular weight is 479 g/mol. The monoisotopic (exact) mass is 478 g/mol. The van der Waals surface area contributed by atoms with Gasteiger partial charge in [-0.15, -0.1) is 12.6 Å². The van der Waals surface area contributed by atoms with E-state index in [1.165, 1.54) is 22.3 Å². The van der Waals surface area contributed by atoms with Crippen molar-refractivity contribution in [2.45, 2.75) is 98.8 Å². The second-order valence-corrected chi connectivity index (χ2v) is 12.8. The molecule has 184 valence electrons. The van der Waals surface area contributed by atoms with Crippen LogP contribution in [0.5, 0.6) is 0 Å². The van der Waals surface area contributed by atoms with E-state index in [4.69, 9.17) is 12.6 Å². The van der Waals surface area contributed by atoms with Gasteiger partial charge in [0, 0.05) is 16.0 Å². The van der Waals surface area contributed by atoms with Gasteiger partial charge in [0.2, 0.25) is 0 Å². The molecule has 0 saturated carbocycles. The molecular formula is C32H43FS. The third kappa shape index (κ3) is 5.23. The van der Waals surface area contributed by atoms with Crippen LogP contribution in [0.4, 0.5) is 4.39 Å². The van der Waals surface area contributed by atoms with Gasteiger partial charge < -0.3 is 0 Å². The lowest BCUT2D eigenvalue weighted by Crippen LogP contribution is -2.17. The van der Waals surface area contributed by atoms with Gasteiger partial charge in [0.1, 0.15) is 5.82 Å². The van der Waals surface area contributed by atoms with E-state index in [2.05, 4.69) is 81.0 Å². The van der Waals surface area contributed by atoms with Crippen LogP contribution in [0.1, 0.15) is 101 Å². The molecule has 1 aliphatic rings. The Morgan fingerprint density at radius 3 is 2.26 bits per heavy atom. The van der Waals surface area contributed by atoms with E-state index in [-0.39, 0.29) is 17.2 Å². The Hall–Kier alpha value is -1.80. The number of allylic oxidation sites excluding steroid dienone is 3. The number of thiol groups is 1. The molecule has 2 heteroatoms. The van der Waals surface area contributed by atoms with Gasteiger partial charge in [0.25, 0.3) is 0 Å². The fourth-order valence-electron chi connectivity index (χ4n) is 5.08. The molecule has 2 aromatic rings. The van der Waals surface area contributed by atoms with Crippen molar-refractivity contribution in [3.05, 3.63) is 70.1 Å². The van der Waals surface area contributed by atoms with Gasteiger partial charge in [0.05, 0.1) is 0 Å². The number of rotatable bonds is 5. The Labute approximate surface area is 213 Å². The van der Waals surface area contributed by atoms with E-state index >= 15 is 4.39 Å². The standard InChI is InChI=1S/C32H43FS/c1-19(2)24-12-11-13-26(33)29(24)28-22(5)27(23-14-16-32(9,10)17-15-23)25(21(4)30(28)34)18-20(3)31(6,7)8/h11-14,19,34H,3,15-18H2,1-2,4-10H3. The van der Waals surface area contributed by atoms with Gasteiger partial charge in [-0.05, 0) is 95.7 Å². The van der Waals surface area contributed by atoms with E-state index < -0.39 is 0 Å². The summed E-state index contributed by atoms with van der Waals surface area (Å²) in [6, 6.07) is 5.46. The molecule has 0 atom stereocenters. The fourth-order valence-corrected chi connectivity index (χ4v) is 5.49. The van der Waals surface area contributed by atoms with Crippen LogP contribution in [0.15, 0.2) is 41.3 Å². The molecule has 34 heavy (non-hydrogen) atoms. The number of hydrogen-bond acceptors (Lipinski definition) is 1. The third-order valence-corrected chi connectivity index (χ3v) is 8.32. The van der Waals surface area contributed by atoms with E-state index in [1.54, 1.807) is 6.07 Å². The van der Waals surface area contributed by atoms with E-state index in [0.29, 0.717) is 11.0 Å². The molecule has 0 bridgehead atoms. The molecule has 0 aliphatic heterocycles. The maximum Gasteiger partial charge on any atom is 0.131 e. The minimum atomic E-state index is -0.166. The zero-order valence-electron chi connectivity index (χ0n) is 22.7. The van der Waals surface area contributed by atoms with Gasteiger partial charge in [-0.25, -0.2) is 4.39 Å². The number of hydrogen-bond donors (Lipinski definition) is 1. The molecule has 0 nitrogen and oxygen atoms in total. The molecule has 0 fully saturated rings. The van der Waals surface area contributed by atoms with Crippen LogP contribution >= 0.6 is 12.6 Å². The van der Waals surface area contributed by atoms with E-state index in [0.717, 1.165) is 52.8 Å². The first-order valence-corrected chi connectivity index (χ1v) is 13.1. The van der Waals surface area contributed by atoms with Crippen LogP contribution in [0.3, 0.4) is 0 Å². The van der Waals surface area contributed by atoms with E-state index in [1.807, 2.05) is 6.07 Å². The second-order valence-electron chi connectivity index (χ2n) is 12.3. The van der Waals surface area contributed by atoms with Crippen molar-refractivity contribution in [1.82, 2.24) is 0 Å². The summed E-state index contributed by atoms with van der Waals surface area (Å²) < 4.78 is 15.5. The van der Waals surface area contributed by atoms with Crippen LogP contribution in [0, 0.1) is 30.5 Å². The molecule has 0 spiro atoms. The van der Waals surface area contributed by atoms with Gasteiger partial charge in [-0.3, -0.25) is 0 Å². The first-order valence-electron chi connectivity index (χ1n) is 12.7. The molecule has 0 radical (unpaired) electrons. The predicted molar refractivity (Wildman–Crippen MR) is 151 cm³/mol. The molecule has 0 N–H and O–H groups in total. The number of benzene rings is 2. The highest BCUT2D eigenvalue weighted by molar-refractivity contribution is 7.80. The Balaban J connectivity index is 2.38. The van der Waals surface area contributed by atoms with Crippen molar-refractivity contribution in [1.29, 1.82) is 0 Å². The maximum atomic E-state index is 15.5. The Bertz CT molecular complexity index is 1140. The SMILES string of the molecule is C=C(Cc1c(C)c(S)c(-c2c(F)cccc2C(C)C)c(C)c1C1=CCC(C)(C)CC1)C(C)(C)C. The van der Waals surface area contributed by atoms with E-state index in [9.17, 15) is 0 Å². The van der Waals surface area contributed by atoms with Crippen LogP contribution in [-0.2, 0) is 6.42 Å². The van der Waals surface area contributed by atoms with Crippen molar-refractivity contribution < 1.29 is 4.39 Å². The van der Waals surface area contributed by atoms with Crippen molar-refractivity contribution in [3.63, 3.8) is 0 Å². The fraction of sp³-hybridized carbons (Fsp3) is 0.500. The highest BCUT2D eigenvalue weighted by atomic mass is 32.1. The van der Waals surface area contributed by atoms with Gasteiger partial charge in [-0.1, -0.05) is 78.8 Å². The summed E-state index contributed by atoms with van der Waals surface area (Å²) >= 11 is 5.04. The van der Waals surface area contributed by atoms with Crippen molar-refractivity contribution in [3.8, 4) is 11.1 Å². The summed E-state index contributed by atoms with van der Waals surface area (Å²) in [5.41, 5.74) is 10.5. The summed E-state index contributed by atoms with van der Waals surface area (Å²) in [6.07, 6.45) is 6.51. The molecule has 0 heterocycles. The van der Waals surface area contributed by atoms with Gasteiger partial charge in [-0.2, -0.15) is 0 Å². The lowest BCUT2D eigenvalue weighted by atomic mass is 9.73. The smallest absolute Gasteiger partial charge is 0.131 e. The summed E-state index contributed by atoms with van der Waals surface area (Å²) in [5.74, 6) is 0.0530. The Morgan fingerprint density at radius 1 is 1.09 bits per heavy atom. The normalized spacial score (nSPS) is 16.1. The minimum Gasteiger partial charge on any atom is -0.206 e. The molecule has 3 rings (SSSR count). The average Bonchev–Trinajstić information content (AvgIpc) is 2.73. The summed E-state index contributed by atoms with van der Waals surface area (Å²) in [7, 11) is 0. The summed E-state index contributed by atoms with van der Waals surface area (Å²) in [6.45, 7) is 24.4. The van der Waals surface area contributed by atoms with Crippen LogP contribution in [0.25, 0.3) is 16.7 Å². The molecule has 0 saturated heterocycles. The van der Waals surface area contributed by atoms with Crippen LogP contribution in [-0.4, -0.2) is 0 Å². The lowest BCUT2D eigenvalue weighted by molar-refractivity contribution is 0.335. The number of halogens is 1. The summed E-state index contributed by atoms with van der Waals surface area (Å²) in [5, 5.41) is 0. The third-order valence-electron chi connectivity index (χ3n) is 7.76. The van der Waals surface area contributed by atoms with Crippen LogP contribution in [0.2, 0.25) is 0 Å². The maximum absolute atomic E-state index is 15.5. The highest BCUT2D eigenvalue weighted by Gasteiger charge is 2.29. The van der Waals surface area contributed by atoms with Gasteiger partial charge >= 0.3 is 0 Å². The zero-order chi connectivity index (χ0) is 25.6. The largest absolute Gasteiger partial charge is 0.206 e. The Kier molecular flexibility index (Phi) is 7.63. The first-order chi connectivity index (χ1) is 15.7. The molecule has 2 aromatic carbocycles. The zero-order valence-corrected chi connectivity index (χ0v) is 23.6. The van der Waals surface area contributed by atoms with Crippen LogP contribution < -0.4 is 0 Å². The highest BCUT2D eigenvalue weighted by Crippen LogP contribution is 2.47. The first kappa shape index (κ1) is 26.8. The van der Waals surface area contributed by atoms with Crippen molar-refractivity contribution in [2.24, 2.45) is 10.8 Å². The molecular weight excluding hydrogens is 435 g/mol. The Morgan fingerprint density at radius 2 is 1.74 bits per heavy atom. The molecule has 0 aromatic heterocycles. The summed E-state index contributed by atoms with van der Waals surface area (Å²) in [4.78, 5) is 0.890. The lowest BCUT2D eigenvalue weighted by Gasteiger charge is -2.33. The predicted octanol–water partition coefficient (Wildman–Crippen LogP) is 10.3.